The quantitative estimate of drug-likeness (QED) is 0.790. The van der Waals surface area contributed by atoms with Crippen LogP contribution in [-0.2, 0) is 19.9 Å². The van der Waals surface area contributed by atoms with Crippen LogP contribution in [0.2, 0.25) is 0 Å². The molecule has 1 atom stereocenters. The van der Waals surface area contributed by atoms with Crippen LogP contribution in [-0.4, -0.2) is 25.8 Å². The van der Waals surface area contributed by atoms with E-state index in [-0.39, 0.29) is 11.9 Å². The molecule has 7 heteroatoms. The maximum atomic E-state index is 12.3. The van der Waals surface area contributed by atoms with Crippen molar-refractivity contribution in [3.8, 4) is 11.4 Å². The smallest absolute Gasteiger partial charge is 0.272 e. The monoisotopic (exact) mass is 337 g/mol. The van der Waals surface area contributed by atoms with Crippen LogP contribution in [0, 0.1) is 0 Å². The van der Waals surface area contributed by atoms with Gasteiger partial charge >= 0.3 is 0 Å². The van der Waals surface area contributed by atoms with Crippen molar-refractivity contribution in [1.82, 2.24) is 25.2 Å². The number of aromatic nitrogens is 4. The maximum Gasteiger partial charge on any atom is 0.272 e. The van der Waals surface area contributed by atoms with Crippen molar-refractivity contribution >= 4 is 5.91 Å². The highest BCUT2D eigenvalue weighted by atomic mass is 16.5. The minimum atomic E-state index is -0.145. The fourth-order valence-electron chi connectivity index (χ4n) is 3.19. The summed E-state index contributed by atoms with van der Waals surface area (Å²) < 4.78 is 6.81. The Bertz CT molecular complexity index is 927. The number of hydrogen-bond acceptors (Lipinski definition) is 5. The second kappa shape index (κ2) is 6.16. The molecule has 0 saturated carbocycles. The number of carbonyl (C=O) groups is 1. The summed E-state index contributed by atoms with van der Waals surface area (Å²) in [6.45, 7) is 1.98. The molecule has 7 nitrogen and oxygen atoms in total. The van der Waals surface area contributed by atoms with Gasteiger partial charge in [0.15, 0.2) is 0 Å². The van der Waals surface area contributed by atoms with Crippen molar-refractivity contribution in [2.75, 3.05) is 0 Å². The number of hydrogen-bond donors (Lipinski definition) is 1. The molecule has 0 aliphatic heterocycles. The number of fused-ring (bicyclic) bond motifs is 1. The lowest BCUT2D eigenvalue weighted by Crippen LogP contribution is -2.27. The molecule has 2 heterocycles. The summed E-state index contributed by atoms with van der Waals surface area (Å²) in [7, 11) is 1.80. The number of benzene rings is 1. The number of aryl methyl sites for hydroxylation is 3. The third-order valence-corrected chi connectivity index (χ3v) is 4.50. The van der Waals surface area contributed by atoms with E-state index < -0.39 is 0 Å². The Kier molecular flexibility index (Phi) is 3.83. The normalized spacial score (nSPS) is 16.0. The third-order valence-electron chi connectivity index (χ3n) is 4.50. The summed E-state index contributed by atoms with van der Waals surface area (Å²) in [5.74, 6) is 1.10. The molecule has 2 aromatic heterocycles. The Labute approximate surface area is 145 Å². The van der Waals surface area contributed by atoms with Crippen molar-refractivity contribution in [1.29, 1.82) is 0 Å². The Morgan fingerprint density at radius 1 is 1.40 bits per heavy atom. The van der Waals surface area contributed by atoms with E-state index in [9.17, 15) is 4.79 Å². The van der Waals surface area contributed by atoms with Gasteiger partial charge in [0.1, 0.15) is 5.69 Å². The third kappa shape index (κ3) is 2.93. The van der Waals surface area contributed by atoms with Crippen molar-refractivity contribution in [3.05, 3.63) is 53.2 Å². The van der Waals surface area contributed by atoms with Gasteiger partial charge in [-0.2, -0.15) is 10.1 Å². The van der Waals surface area contributed by atoms with E-state index >= 15 is 0 Å². The van der Waals surface area contributed by atoms with Gasteiger partial charge in [-0.3, -0.25) is 9.48 Å². The van der Waals surface area contributed by atoms with Crippen LogP contribution >= 0.6 is 0 Å². The van der Waals surface area contributed by atoms with Crippen LogP contribution in [0.1, 0.15) is 46.9 Å². The first-order valence-corrected chi connectivity index (χ1v) is 8.40. The molecule has 1 aromatic carbocycles. The first-order chi connectivity index (χ1) is 12.1. The molecule has 1 aliphatic rings. The largest absolute Gasteiger partial charge is 0.344 e. The lowest BCUT2D eigenvalue weighted by atomic mass is 10.0. The average molecular weight is 337 g/mol. The molecule has 128 valence electrons. The molecule has 0 radical (unpaired) electrons. The van der Waals surface area contributed by atoms with Crippen LogP contribution in [0.15, 0.2) is 35.0 Å². The summed E-state index contributed by atoms with van der Waals surface area (Å²) in [6.07, 6.45) is 4.28. The van der Waals surface area contributed by atoms with Crippen LogP contribution in [0.3, 0.4) is 0 Å². The number of carbonyl (C=O) groups excluding carboxylic acids is 1. The molecule has 0 bridgehead atoms. The van der Waals surface area contributed by atoms with E-state index in [0.717, 1.165) is 30.4 Å². The highest BCUT2D eigenvalue weighted by molar-refractivity contribution is 5.92. The zero-order valence-electron chi connectivity index (χ0n) is 14.2. The van der Waals surface area contributed by atoms with E-state index in [0.29, 0.717) is 17.4 Å². The van der Waals surface area contributed by atoms with Gasteiger partial charge in [-0.1, -0.05) is 24.2 Å². The van der Waals surface area contributed by atoms with Crippen LogP contribution in [0.4, 0.5) is 0 Å². The first-order valence-electron chi connectivity index (χ1n) is 8.40. The summed E-state index contributed by atoms with van der Waals surface area (Å²) >= 11 is 0. The molecule has 0 unspecified atom stereocenters. The number of rotatable bonds is 4. The minimum absolute atomic E-state index is 0.00928. The van der Waals surface area contributed by atoms with E-state index in [1.807, 2.05) is 19.1 Å². The van der Waals surface area contributed by atoms with Crippen molar-refractivity contribution < 1.29 is 9.32 Å². The molecule has 0 fully saturated rings. The number of nitrogens with zero attached hydrogens (tertiary/aromatic N) is 4. The predicted molar refractivity (Wildman–Crippen MR) is 90.8 cm³/mol. The lowest BCUT2D eigenvalue weighted by molar-refractivity contribution is 0.0931. The van der Waals surface area contributed by atoms with Gasteiger partial charge in [-0.05, 0) is 36.1 Å². The molecule has 25 heavy (non-hydrogen) atoms. The second-order valence-corrected chi connectivity index (χ2v) is 6.22. The summed E-state index contributed by atoms with van der Waals surface area (Å²) in [4.78, 5) is 16.7. The van der Waals surface area contributed by atoms with Crippen LogP contribution in [0.5, 0.6) is 0 Å². The van der Waals surface area contributed by atoms with Crippen molar-refractivity contribution in [3.63, 3.8) is 0 Å². The molecule has 1 aliphatic carbocycles. The van der Waals surface area contributed by atoms with E-state index in [1.165, 1.54) is 5.56 Å². The molecule has 1 amide bonds. The van der Waals surface area contributed by atoms with Gasteiger partial charge in [0, 0.05) is 25.2 Å². The molecule has 4 rings (SSSR count). The highest BCUT2D eigenvalue weighted by Gasteiger charge is 2.25. The lowest BCUT2D eigenvalue weighted by Gasteiger charge is -2.13. The van der Waals surface area contributed by atoms with Gasteiger partial charge in [0.2, 0.25) is 11.7 Å². The molecular weight excluding hydrogens is 318 g/mol. The summed E-state index contributed by atoms with van der Waals surface area (Å²) in [5.41, 5.74) is 3.74. The highest BCUT2D eigenvalue weighted by Crippen LogP contribution is 2.33. The Morgan fingerprint density at radius 3 is 3.00 bits per heavy atom. The number of amides is 1. The second-order valence-electron chi connectivity index (χ2n) is 6.22. The zero-order chi connectivity index (χ0) is 17.4. The average Bonchev–Trinajstić information content (AvgIpc) is 3.34. The van der Waals surface area contributed by atoms with Crippen LogP contribution < -0.4 is 5.32 Å². The van der Waals surface area contributed by atoms with E-state index in [4.69, 9.17) is 4.52 Å². The minimum Gasteiger partial charge on any atom is -0.344 e. The van der Waals surface area contributed by atoms with Gasteiger partial charge in [0.05, 0.1) is 6.04 Å². The molecule has 0 spiro atoms. The van der Waals surface area contributed by atoms with Crippen LogP contribution in [0.25, 0.3) is 11.4 Å². The fraction of sp³-hybridized carbons (Fsp3) is 0.333. The summed E-state index contributed by atoms with van der Waals surface area (Å²) in [6, 6.07) is 7.84. The van der Waals surface area contributed by atoms with Gasteiger partial charge < -0.3 is 9.84 Å². The van der Waals surface area contributed by atoms with Gasteiger partial charge in [-0.25, -0.2) is 0 Å². The van der Waals surface area contributed by atoms with E-state index in [2.05, 4.69) is 26.6 Å². The molecular formula is C18H19N5O2. The molecule has 3 aromatic rings. The van der Waals surface area contributed by atoms with E-state index in [1.54, 1.807) is 24.0 Å². The first kappa shape index (κ1) is 15.6. The Morgan fingerprint density at radius 2 is 2.28 bits per heavy atom. The topological polar surface area (TPSA) is 85.8 Å². The van der Waals surface area contributed by atoms with Crippen molar-refractivity contribution in [2.45, 2.75) is 32.2 Å². The summed E-state index contributed by atoms with van der Waals surface area (Å²) in [5, 5.41) is 11.2. The molecule has 0 saturated heterocycles. The Hall–Kier alpha value is -2.96. The maximum absolute atomic E-state index is 12.3. The SMILES string of the molecule is CCc1nc(-c2ccc3c(c2)CC[C@H]3NC(=O)c2ccn(C)n2)no1. The van der Waals surface area contributed by atoms with Gasteiger partial charge in [0.25, 0.3) is 5.91 Å². The Balaban J connectivity index is 1.54. The number of nitrogens with one attached hydrogen (secondary N) is 1. The standard InChI is InChI=1S/C18H19N5O2/c1-3-16-20-17(22-25-16)12-4-6-13-11(10-12)5-7-14(13)19-18(24)15-8-9-23(2)21-15/h4,6,8-10,14H,3,5,7H2,1-2H3,(H,19,24)/t14-/m1/s1. The fourth-order valence-corrected chi connectivity index (χ4v) is 3.19. The molecule has 1 N–H and O–H groups in total. The zero-order valence-corrected chi connectivity index (χ0v) is 14.2. The van der Waals surface area contributed by atoms with Gasteiger partial charge in [-0.15, -0.1) is 0 Å². The predicted octanol–water partition coefficient (Wildman–Crippen LogP) is 2.45. The van der Waals surface area contributed by atoms with Crippen molar-refractivity contribution in [2.24, 2.45) is 7.05 Å².